The van der Waals surface area contributed by atoms with E-state index in [1.807, 2.05) is 30.3 Å². The molecule has 1 N–H and O–H groups in total. The molecule has 0 aliphatic heterocycles. The Labute approximate surface area is 136 Å². The second-order valence-electron chi connectivity index (χ2n) is 4.90. The van der Waals surface area contributed by atoms with Crippen molar-refractivity contribution in [3.63, 3.8) is 0 Å². The van der Waals surface area contributed by atoms with E-state index in [1.165, 1.54) is 18.2 Å². The van der Waals surface area contributed by atoms with Gasteiger partial charge in [0.2, 0.25) is 0 Å². The lowest BCUT2D eigenvalue weighted by Gasteiger charge is -2.09. The average Bonchev–Trinajstić information content (AvgIpc) is 2.56. The number of benzene rings is 3. The van der Waals surface area contributed by atoms with Crippen molar-refractivity contribution < 1.29 is 9.72 Å². The number of nitrogens with one attached hydrogen (secondary N) is 1. The monoisotopic (exact) mass is 326 g/mol. The SMILES string of the molecule is O=C(Nc1ccc([N+](=O)[O-])cc1Cl)c1cccc2ccccc12. The molecule has 114 valence electrons. The number of halogens is 1. The Hall–Kier alpha value is -2.92. The highest BCUT2D eigenvalue weighted by Gasteiger charge is 2.14. The zero-order valence-electron chi connectivity index (χ0n) is 11.8. The van der Waals surface area contributed by atoms with Crippen molar-refractivity contribution in [2.24, 2.45) is 0 Å². The molecule has 0 unspecified atom stereocenters. The molecular formula is C17H11ClN2O3. The maximum atomic E-state index is 12.5. The minimum Gasteiger partial charge on any atom is -0.321 e. The van der Waals surface area contributed by atoms with Gasteiger partial charge in [-0.3, -0.25) is 14.9 Å². The molecule has 0 aromatic heterocycles. The number of amides is 1. The lowest BCUT2D eigenvalue weighted by molar-refractivity contribution is -0.384. The Kier molecular flexibility index (Phi) is 3.95. The zero-order valence-corrected chi connectivity index (χ0v) is 12.6. The summed E-state index contributed by atoms with van der Waals surface area (Å²) in [5, 5.41) is 15.3. The summed E-state index contributed by atoms with van der Waals surface area (Å²) < 4.78 is 0. The van der Waals surface area contributed by atoms with Crippen LogP contribution in [0.25, 0.3) is 10.8 Å². The molecule has 0 spiro atoms. The Bertz CT molecular complexity index is 919. The summed E-state index contributed by atoms with van der Waals surface area (Å²) in [5.41, 5.74) is 0.714. The molecule has 0 radical (unpaired) electrons. The van der Waals surface area contributed by atoms with Gasteiger partial charge in [0, 0.05) is 17.7 Å². The van der Waals surface area contributed by atoms with E-state index in [1.54, 1.807) is 12.1 Å². The first-order chi connectivity index (χ1) is 11.1. The molecule has 0 aliphatic rings. The van der Waals surface area contributed by atoms with Crippen LogP contribution in [0.1, 0.15) is 10.4 Å². The first kappa shape index (κ1) is 15.0. The van der Waals surface area contributed by atoms with E-state index in [9.17, 15) is 14.9 Å². The first-order valence-corrected chi connectivity index (χ1v) is 7.17. The van der Waals surface area contributed by atoms with Gasteiger partial charge in [-0.1, -0.05) is 48.0 Å². The van der Waals surface area contributed by atoms with E-state index >= 15 is 0 Å². The third-order valence-corrected chi connectivity index (χ3v) is 3.76. The lowest BCUT2D eigenvalue weighted by atomic mass is 10.0. The molecule has 23 heavy (non-hydrogen) atoms. The highest BCUT2D eigenvalue weighted by molar-refractivity contribution is 6.34. The molecule has 0 atom stereocenters. The minimum absolute atomic E-state index is 0.118. The van der Waals surface area contributed by atoms with Crippen LogP contribution in [0, 0.1) is 10.1 Å². The van der Waals surface area contributed by atoms with Crippen molar-refractivity contribution in [3.8, 4) is 0 Å². The summed E-state index contributed by atoms with van der Waals surface area (Å²) >= 11 is 6.00. The molecule has 3 rings (SSSR count). The fourth-order valence-electron chi connectivity index (χ4n) is 2.33. The van der Waals surface area contributed by atoms with Gasteiger partial charge in [0.15, 0.2) is 0 Å². The normalized spacial score (nSPS) is 10.5. The number of anilines is 1. The Balaban J connectivity index is 1.94. The molecule has 3 aromatic carbocycles. The van der Waals surface area contributed by atoms with Crippen LogP contribution in [0.15, 0.2) is 60.7 Å². The number of nitro benzene ring substituents is 1. The van der Waals surface area contributed by atoms with Crippen LogP contribution >= 0.6 is 11.6 Å². The van der Waals surface area contributed by atoms with Gasteiger partial charge in [0.05, 0.1) is 15.6 Å². The summed E-state index contributed by atoms with van der Waals surface area (Å²) in [5.74, 6) is -0.322. The standard InChI is InChI=1S/C17H11ClN2O3/c18-15-10-12(20(22)23)8-9-16(15)19-17(21)14-7-3-5-11-4-1-2-6-13(11)14/h1-10H,(H,19,21). The summed E-state index contributed by atoms with van der Waals surface area (Å²) in [7, 11) is 0. The molecule has 0 saturated heterocycles. The Morgan fingerprint density at radius 1 is 1.04 bits per heavy atom. The summed E-state index contributed by atoms with van der Waals surface area (Å²) in [6.07, 6.45) is 0. The minimum atomic E-state index is -0.539. The number of fused-ring (bicyclic) bond motifs is 1. The average molecular weight is 327 g/mol. The number of nitrogens with zero attached hydrogens (tertiary/aromatic N) is 1. The van der Waals surface area contributed by atoms with Gasteiger partial charge in [-0.15, -0.1) is 0 Å². The second-order valence-corrected chi connectivity index (χ2v) is 5.31. The highest BCUT2D eigenvalue weighted by atomic mass is 35.5. The Morgan fingerprint density at radius 2 is 1.78 bits per heavy atom. The number of carbonyl (C=O) groups is 1. The highest BCUT2D eigenvalue weighted by Crippen LogP contribution is 2.28. The van der Waals surface area contributed by atoms with Crippen LogP contribution in [-0.2, 0) is 0 Å². The van der Waals surface area contributed by atoms with Crippen molar-refractivity contribution >= 4 is 39.7 Å². The molecule has 0 aliphatic carbocycles. The topological polar surface area (TPSA) is 72.2 Å². The Morgan fingerprint density at radius 3 is 2.52 bits per heavy atom. The van der Waals surface area contributed by atoms with Crippen LogP contribution in [-0.4, -0.2) is 10.8 Å². The number of hydrogen-bond acceptors (Lipinski definition) is 3. The molecule has 0 saturated carbocycles. The van der Waals surface area contributed by atoms with Crippen molar-refractivity contribution in [2.45, 2.75) is 0 Å². The van der Waals surface area contributed by atoms with E-state index in [0.717, 1.165) is 10.8 Å². The molecule has 0 bridgehead atoms. The third kappa shape index (κ3) is 3.00. The van der Waals surface area contributed by atoms with Gasteiger partial charge in [-0.05, 0) is 22.9 Å². The molecule has 1 amide bonds. The van der Waals surface area contributed by atoms with Crippen LogP contribution in [0.4, 0.5) is 11.4 Å². The van der Waals surface area contributed by atoms with Gasteiger partial charge in [0.1, 0.15) is 0 Å². The number of non-ortho nitro benzene ring substituents is 1. The van der Waals surface area contributed by atoms with Crippen molar-refractivity contribution in [1.29, 1.82) is 0 Å². The largest absolute Gasteiger partial charge is 0.321 e. The molecule has 3 aromatic rings. The maximum Gasteiger partial charge on any atom is 0.271 e. The fourth-order valence-corrected chi connectivity index (χ4v) is 2.55. The van der Waals surface area contributed by atoms with E-state index in [-0.39, 0.29) is 16.6 Å². The van der Waals surface area contributed by atoms with Crippen LogP contribution in [0.3, 0.4) is 0 Å². The molecule has 0 fully saturated rings. The first-order valence-electron chi connectivity index (χ1n) is 6.79. The van der Waals surface area contributed by atoms with Gasteiger partial charge in [0.25, 0.3) is 11.6 Å². The number of hydrogen-bond donors (Lipinski definition) is 1. The number of rotatable bonds is 3. The third-order valence-electron chi connectivity index (χ3n) is 3.45. The van der Waals surface area contributed by atoms with Crippen molar-refractivity contribution in [1.82, 2.24) is 0 Å². The zero-order chi connectivity index (χ0) is 16.4. The van der Waals surface area contributed by atoms with Crippen molar-refractivity contribution in [3.05, 3.63) is 81.4 Å². The molecular weight excluding hydrogens is 316 g/mol. The van der Waals surface area contributed by atoms with Crippen LogP contribution in [0.2, 0.25) is 5.02 Å². The second kappa shape index (κ2) is 6.06. The number of nitro groups is 1. The summed E-state index contributed by atoms with van der Waals surface area (Å²) in [4.78, 5) is 22.7. The predicted molar refractivity (Wildman–Crippen MR) is 90.0 cm³/mol. The van der Waals surface area contributed by atoms with E-state index in [0.29, 0.717) is 11.3 Å². The van der Waals surface area contributed by atoms with Gasteiger partial charge < -0.3 is 5.32 Å². The van der Waals surface area contributed by atoms with Gasteiger partial charge in [-0.2, -0.15) is 0 Å². The number of carbonyl (C=O) groups excluding carboxylic acids is 1. The summed E-state index contributed by atoms with van der Waals surface area (Å²) in [6.45, 7) is 0. The molecule has 0 heterocycles. The smallest absolute Gasteiger partial charge is 0.271 e. The maximum absolute atomic E-state index is 12.5. The van der Waals surface area contributed by atoms with E-state index in [2.05, 4.69) is 5.32 Å². The van der Waals surface area contributed by atoms with E-state index < -0.39 is 4.92 Å². The quantitative estimate of drug-likeness (QED) is 0.562. The van der Waals surface area contributed by atoms with Gasteiger partial charge in [-0.25, -0.2) is 0 Å². The lowest BCUT2D eigenvalue weighted by Crippen LogP contribution is -2.12. The predicted octanol–water partition coefficient (Wildman–Crippen LogP) is 4.65. The molecule has 6 heteroatoms. The van der Waals surface area contributed by atoms with Crippen LogP contribution in [0.5, 0.6) is 0 Å². The summed E-state index contributed by atoms with van der Waals surface area (Å²) in [6, 6.07) is 16.9. The van der Waals surface area contributed by atoms with Gasteiger partial charge >= 0.3 is 0 Å². The van der Waals surface area contributed by atoms with E-state index in [4.69, 9.17) is 11.6 Å². The fraction of sp³-hybridized carbons (Fsp3) is 0. The van der Waals surface area contributed by atoms with Crippen LogP contribution < -0.4 is 5.32 Å². The van der Waals surface area contributed by atoms with Crippen molar-refractivity contribution in [2.75, 3.05) is 5.32 Å². The molecule has 5 nitrogen and oxygen atoms in total.